The molecule has 0 unspecified atom stereocenters. The van der Waals surface area contributed by atoms with Crippen molar-refractivity contribution in [3.05, 3.63) is 64.3 Å². The molecule has 0 spiro atoms. The first kappa shape index (κ1) is 20.1. The van der Waals surface area contributed by atoms with Crippen molar-refractivity contribution >= 4 is 16.9 Å². The highest BCUT2D eigenvalue weighted by Gasteiger charge is 2.28. The fourth-order valence-corrected chi connectivity index (χ4v) is 5.53. The second kappa shape index (κ2) is 8.04. The third kappa shape index (κ3) is 3.94. The van der Waals surface area contributed by atoms with Gasteiger partial charge in [0.05, 0.1) is 12.5 Å². The number of carbonyl (C=O) groups is 1. The summed E-state index contributed by atoms with van der Waals surface area (Å²) in [5.74, 6) is 0.627. The Morgan fingerprint density at radius 2 is 2.03 bits per heavy atom. The molecule has 2 aliphatic rings. The Bertz CT molecular complexity index is 1130. The lowest BCUT2D eigenvalue weighted by Crippen LogP contribution is -2.03. The molecule has 2 aromatic carbocycles. The van der Waals surface area contributed by atoms with E-state index < -0.39 is 5.97 Å². The van der Waals surface area contributed by atoms with E-state index in [1.165, 1.54) is 16.7 Å². The highest BCUT2D eigenvalue weighted by atomic mass is 16.5. The largest absolute Gasteiger partial charge is 0.489 e. The van der Waals surface area contributed by atoms with Gasteiger partial charge in [-0.05, 0) is 85.4 Å². The van der Waals surface area contributed by atoms with Crippen LogP contribution in [0.4, 0.5) is 0 Å². The molecule has 5 nitrogen and oxygen atoms in total. The number of aliphatic hydroxyl groups is 1. The summed E-state index contributed by atoms with van der Waals surface area (Å²) < 4.78 is 6.11. The van der Waals surface area contributed by atoms with Crippen molar-refractivity contribution in [1.29, 1.82) is 0 Å². The lowest BCUT2D eigenvalue weighted by atomic mass is 9.92. The minimum atomic E-state index is -0.744. The van der Waals surface area contributed by atoms with E-state index in [1.807, 2.05) is 12.1 Å². The summed E-state index contributed by atoms with van der Waals surface area (Å²) in [4.78, 5) is 14.6. The topological polar surface area (TPSA) is 82.6 Å². The summed E-state index contributed by atoms with van der Waals surface area (Å²) in [5.41, 5.74) is 7.12. The van der Waals surface area contributed by atoms with Crippen LogP contribution < -0.4 is 4.74 Å². The molecule has 5 rings (SSSR count). The molecular formula is C26H29NO4. The van der Waals surface area contributed by atoms with Crippen LogP contribution in [0, 0.1) is 6.92 Å². The van der Waals surface area contributed by atoms with E-state index in [0.717, 1.165) is 60.0 Å². The van der Waals surface area contributed by atoms with Gasteiger partial charge < -0.3 is 19.9 Å². The SMILES string of the molecule is Cc1cc(COc2ccc3[nH]c4c(c3c2)CC[C@H]4CC(=O)O)ccc1[C@@H]1CC[C@H](O)C1. The number of aromatic amines is 1. The van der Waals surface area contributed by atoms with Crippen LogP contribution >= 0.6 is 0 Å². The minimum Gasteiger partial charge on any atom is -0.489 e. The number of nitrogens with one attached hydrogen (secondary N) is 1. The van der Waals surface area contributed by atoms with Crippen LogP contribution in [0.1, 0.15) is 71.9 Å². The summed E-state index contributed by atoms with van der Waals surface area (Å²) >= 11 is 0. The summed E-state index contributed by atoms with van der Waals surface area (Å²) in [6, 6.07) is 12.6. The monoisotopic (exact) mass is 419 g/mol. The number of carboxylic acids is 1. The van der Waals surface area contributed by atoms with E-state index in [9.17, 15) is 9.90 Å². The molecule has 1 aromatic heterocycles. The number of fused-ring (bicyclic) bond motifs is 3. The predicted molar refractivity (Wildman–Crippen MR) is 120 cm³/mol. The van der Waals surface area contributed by atoms with Gasteiger partial charge in [-0.25, -0.2) is 0 Å². The van der Waals surface area contributed by atoms with E-state index in [2.05, 4.69) is 36.2 Å². The number of H-pyrrole nitrogens is 1. The third-order valence-corrected chi connectivity index (χ3v) is 7.07. The number of aliphatic hydroxyl groups excluding tert-OH is 1. The molecule has 31 heavy (non-hydrogen) atoms. The molecule has 1 heterocycles. The van der Waals surface area contributed by atoms with Gasteiger partial charge >= 0.3 is 5.97 Å². The number of aliphatic carboxylic acids is 1. The maximum Gasteiger partial charge on any atom is 0.304 e. The molecule has 1 fully saturated rings. The van der Waals surface area contributed by atoms with E-state index in [-0.39, 0.29) is 18.4 Å². The predicted octanol–water partition coefficient (Wildman–Crippen LogP) is 5.19. The summed E-state index contributed by atoms with van der Waals surface area (Å²) in [6.45, 7) is 2.65. The van der Waals surface area contributed by atoms with Crippen LogP contribution in [0.25, 0.3) is 10.9 Å². The number of benzene rings is 2. The zero-order valence-electron chi connectivity index (χ0n) is 17.9. The van der Waals surface area contributed by atoms with E-state index in [1.54, 1.807) is 0 Å². The van der Waals surface area contributed by atoms with Crippen LogP contribution in [0.2, 0.25) is 0 Å². The standard InChI is InChI=1S/C26H29NO4/c1-15-10-16(2-7-21(15)17-3-5-19(28)11-17)14-31-20-6-9-24-23(13-20)22-8-4-18(12-25(29)30)26(22)27-24/h2,6-7,9-10,13,17-19,27-28H,3-5,8,11-12,14H2,1H3,(H,29,30)/t17-,18+,19+/m1/s1. The Morgan fingerprint density at radius 3 is 2.77 bits per heavy atom. The molecule has 3 aromatic rings. The smallest absolute Gasteiger partial charge is 0.304 e. The number of hydrogen-bond donors (Lipinski definition) is 3. The Labute approximate surface area is 182 Å². The van der Waals surface area contributed by atoms with Crippen molar-refractivity contribution in [2.75, 3.05) is 0 Å². The van der Waals surface area contributed by atoms with Gasteiger partial charge in [-0.2, -0.15) is 0 Å². The van der Waals surface area contributed by atoms with Gasteiger partial charge in [0, 0.05) is 22.5 Å². The first-order valence-corrected chi connectivity index (χ1v) is 11.2. The maximum absolute atomic E-state index is 11.1. The van der Waals surface area contributed by atoms with Crippen molar-refractivity contribution in [1.82, 2.24) is 4.98 Å². The van der Waals surface area contributed by atoms with Crippen molar-refractivity contribution < 1.29 is 19.7 Å². The lowest BCUT2D eigenvalue weighted by molar-refractivity contribution is -0.137. The summed E-state index contributed by atoms with van der Waals surface area (Å²) in [7, 11) is 0. The maximum atomic E-state index is 11.1. The Morgan fingerprint density at radius 1 is 1.16 bits per heavy atom. The van der Waals surface area contributed by atoms with Crippen LogP contribution in [-0.4, -0.2) is 27.3 Å². The van der Waals surface area contributed by atoms with E-state index >= 15 is 0 Å². The second-order valence-electron chi connectivity index (χ2n) is 9.20. The molecule has 1 saturated carbocycles. The molecule has 0 bridgehead atoms. The average molecular weight is 420 g/mol. The Kier molecular flexibility index (Phi) is 5.22. The highest BCUT2D eigenvalue weighted by Crippen LogP contribution is 2.40. The van der Waals surface area contributed by atoms with Gasteiger partial charge in [0.15, 0.2) is 0 Å². The molecule has 0 radical (unpaired) electrons. The molecular weight excluding hydrogens is 390 g/mol. The fourth-order valence-electron chi connectivity index (χ4n) is 5.53. The van der Waals surface area contributed by atoms with Gasteiger partial charge in [-0.3, -0.25) is 4.79 Å². The van der Waals surface area contributed by atoms with Crippen LogP contribution in [-0.2, 0) is 17.8 Å². The molecule has 0 amide bonds. The van der Waals surface area contributed by atoms with Crippen molar-refractivity contribution in [2.24, 2.45) is 0 Å². The van der Waals surface area contributed by atoms with Crippen molar-refractivity contribution in [3.63, 3.8) is 0 Å². The van der Waals surface area contributed by atoms with E-state index in [0.29, 0.717) is 12.5 Å². The Balaban J connectivity index is 1.30. The van der Waals surface area contributed by atoms with Gasteiger partial charge in [-0.1, -0.05) is 18.2 Å². The number of ether oxygens (including phenoxy) is 1. The van der Waals surface area contributed by atoms with Crippen LogP contribution in [0.5, 0.6) is 5.75 Å². The van der Waals surface area contributed by atoms with Gasteiger partial charge in [0.25, 0.3) is 0 Å². The Hall–Kier alpha value is -2.79. The zero-order chi connectivity index (χ0) is 21.5. The molecule has 2 aliphatic carbocycles. The quantitative estimate of drug-likeness (QED) is 0.514. The first-order chi connectivity index (χ1) is 15.0. The van der Waals surface area contributed by atoms with Crippen LogP contribution in [0.3, 0.4) is 0 Å². The first-order valence-electron chi connectivity index (χ1n) is 11.2. The number of carboxylic acid groups (broad SMARTS) is 1. The summed E-state index contributed by atoms with van der Waals surface area (Å²) in [5, 5.41) is 20.1. The fraction of sp³-hybridized carbons (Fsp3) is 0.423. The number of aromatic nitrogens is 1. The third-order valence-electron chi connectivity index (χ3n) is 7.07. The summed E-state index contributed by atoms with van der Waals surface area (Å²) in [6.07, 6.45) is 4.65. The number of hydrogen-bond acceptors (Lipinski definition) is 3. The minimum absolute atomic E-state index is 0.0757. The normalized spacial score (nSPS) is 22.7. The van der Waals surface area contributed by atoms with Crippen molar-refractivity contribution in [2.45, 2.75) is 70.0 Å². The molecule has 5 heteroatoms. The van der Waals surface area contributed by atoms with Crippen LogP contribution in [0.15, 0.2) is 36.4 Å². The van der Waals surface area contributed by atoms with Crippen molar-refractivity contribution in [3.8, 4) is 5.75 Å². The van der Waals surface area contributed by atoms with Gasteiger partial charge in [0.1, 0.15) is 12.4 Å². The number of aryl methyl sites for hydroxylation is 2. The molecule has 3 atom stereocenters. The van der Waals surface area contributed by atoms with E-state index in [4.69, 9.17) is 9.84 Å². The zero-order valence-corrected chi connectivity index (χ0v) is 17.9. The molecule has 162 valence electrons. The molecule has 0 saturated heterocycles. The van der Waals surface area contributed by atoms with Gasteiger partial charge in [0.2, 0.25) is 0 Å². The molecule has 0 aliphatic heterocycles. The lowest BCUT2D eigenvalue weighted by Gasteiger charge is -2.15. The molecule has 3 N–H and O–H groups in total. The number of rotatable bonds is 6. The van der Waals surface area contributed by atoms with Gasteiger partial charge in [-0.15, -0.1) is 0 Å². The second-order valence-corrected chi connectivity index (χ2v) is 9.20. The average Bonchev–Trinajstić information content (AvgIpc) is 3.42. The highest BCUT2D eigenvalue weighted by molar-refractivity contribution is 5.87.